The van der Waals surface area contributed by atoms with Crippen molar-refractivity contribution in [2.75, 3.05) is 0 Å². The van der Waals surface area contributed by atoms with Crippen LogP contribution in [-0.4, -0.2) is 26.9 Å². The number of nitro benzene ring substituents is 1. The number of carbonyl (C=O) groups excluding carboxylic acids is 1. The molecule has 8 heteroatoms. The van der Waals surface area contributed by atoms with Gasteiger partial charge in [0, 0.05) is 23.6 Å². The molecule has 26 heavy (non-hydrogen) atoms. The van der Waals surface area contributed by atoms with Crippen LogP contribution >= 0.6 is 0 Å². The Morgan fingerprint density at radius 1 is 1.27 bits per heavy atom. The minimum atomic E-state index is -1.80. The molecular weight excluding hydrogens is 340 g/mol. The minimum Gasteiger partial charge on any atom is -0.422 e. The zero-order valence-corrected chi connectivity index (χ0v) is 14.2. The van der Waals surface area contributed by atoms with Gasteiger partial charge in [0.15, 0.2) is 5.72 Å². The number of benzene rings is 1. The Balaban J connectivity index is 1.97. The normalized spacial score (nSPS) is 23.5. The number of nitrogens with zero attached hydrogens (tertiary/aromatic N) is 2. The molecular formula is C18H18N2O6. The Hall–Kier alpha value is -2.74. The lowest BCUT2D eigenvalue weighted by Gasteiger charge is -2.38. The van der Waals surface area contributed by atoms with Gasteiger partial charge in [0.1, 0.15) is 11.1 Å². The Kier molecular flexibility index (Phi) is 3.62. The fourth-order valence-corrected chi connectivity index (χ4v) is 4.26. The second-order valence-corrected chi connectivity index (χ2v) is 7.06. The van der Waals surface area contributed by atoms with Crippen LogP contribution in [0.25, 0.3) is 11.0 Å². The van der Waals surface area contributed by atoms with Crippen molar-refractivity contribution >= 4 is 22.6 Å². The highest BCUT2D eigenvalue weighted by atomic mass is 16.6. The summed E-state index contributed by atoms with van der Waals surface area (Å²) in [6, 6.07) is 3.57. The van der Waals surface area contributed by atoms with Crippen LogP contribution in [0.2, 0.25) is 0 Å². The zero-order chi connectivity index (χ0) is 18.6. The number of rotatable bonds is 2. The molecule has 4 rings (SSSR count). The number of aliphatic hydroxyl groups is 1. The summed E-state index contributed by atoms with van der Waals surface area (Å²) in [6.45, 7) is 1.41. The molecule has 1 saturated carbocycles. The van der Waals surface area contributed by atoms with Gasteiger partial charge in [-0.25, -0.2) is 4.79 Å². The molecule has 0 radical (unpaired) electrons. The van der Waals surface area contributed by atoms with Gasteiger partial charge in [-0.05, 0) is 25.8 Å². The topological polar surface area (TPSA) is 114 Å². The SMILES string of the molecule is CC1(O)c2c(c3cc([N+](=O)[O-])ccc3oc2=O)C(=O)N1C1CCCCC1. The monoisotopic (exact) mass is 358 g/mol. The number of hydrogen-bond acceptors (Lipinski definition) is 6. The Labute approximate surface area is 148 Å². The first-order chi connectivity index (χ1) is 12.3. The Bertz CT molecular complexity index is 987. The fourth-order valence-electron chi connectivity index (χ4n) is 4.26. The molecule has 0 bridgehead atoms. The standard InChI is InChI=1S/C18H18N2O6/c1-18(23)15-14(16(21)19(18)10-5-3-2-4-6-10)12-9-11(20(24)25)7-8-13(12)26-17(15)22/h7-10,23H,2-6H2,1H3. The van der Waals surface area contributed by atoms with Gasteiger partial charge >= 0.3 is 5.63 Å². The van der Waals surface area contributed by atoms with Crippen molar-refractivity contribution < 1.29 is 19.2 Å². The second kappa shape index (κ2) is 5.63. The lowest BCUT2D eigenvalue weighted by molar-refractivity contribution is -0.384. The zero-order valence-electron chi connectivity index (χ0n) is 14.2. The van der Waals surface area contributed by atoms with E-state index in [9.17, 15) is 24.8 Å². The highest BCUT2D eigenvalue weighted by molar-refractivity contribution is 6.10. The number of amides is 1. The van der Waals surface area contributed by atoms with Crippen LogP contribution in [0.5, 0.6) is 0 Å². The third-order valence-corrected chi connectivity index (χ3v) is 5.42. The van der Waals surface area contributed by atoms with Gasteiger partial charge < -0.3 is 14.4 Å². The lowest BCUT2D eigenvalue weighted by Crippen LogP contribution is -2.49. The third kappa shape index (κ3) is 2.25. The fraction of sp³-hybridized carbons (Fsp3) is 0.444. The summed E-state index contributed by atoms with van der Waals surface area (Å²) in [5, 5.41) is 22.3. The maximum atomic E-state index is 13.2. The molecule has 0 saturated heterocycles. The molecule has 1 aromatic heterocycles. The molecule has 1 amide bonds. The van der Waals surface area contributed by atoms with E-state index in [2.05, 4.69) is 0 Å². The minimum absolute atomic E-state index is 0.00974. The molecule has 2 aromatic rings. The molecule has 8 nitrogen and oxygen atoms in total. The van der Waals surface area contributed by atoms with Crippen LogP contribution in [-0.2, 0) is 5.72 Å². The molecule has 1 aliphatic carbocycles. The van der Waals surface area contributed by atoms with Crippen LogP contribution in [0, 0.1) is 10.1 Å². The number of fused-ring (bicyclic) bond motifs is 3. The molecule has 1 aromatic carbocycles. The largest absolute Gasteiger partial charge is 0.422 e. The number of nitro groups is 1. The molecule has 1 aliphatic heterocycles. The molecule has 2 heterocycles. The van der Waals surface area contributed by atoms with E-state index in [4.69, 9.17) is 4.42 Å². The Morgan fingerprint density at radius 3 is 2.62 bits per heavy atom. The van der Waals surface area contributed by atoms with Crippen LogP contribution in [0.1, 0.15) is 54.9 Å². The van der Waals surface area contributed by atoms with Crippen molar-refractivity contribution in [3.05, 3.63) is 49.9 Å². The molecule has 0 spiro atoms. The summed E-state index contributed by atoms with van der Waals surface area (Å²) in [5.74, 6) is -0.477. The average Bonchev–Trinajstić information content (AvgIpc) is 2.82. The second-order valence-electron chi connectivity index (χ2n) is 7.06. The van der Waals surface area contributed by atoms with E-state index in [0.717, 1.165) is 32.1 Å². The smallest absolute Gasteiger partial charge is 0.345 e. The first-order valence-corrected chi connectivity index (χ1v) is 8.64. The van der Waals surface area contributed by atoms with Gasteiger partial charge in [-0.3, -0.25) is 14.9 Å². The van der Waals surface area contributed by atoms with Crippen molar-refractivity contribution in [3.63, 3.8) is 0 Å². The average molecular weight is 358 g/mol. The van der Waals surface area contributed by atoms with E-state index in [1.54, 1.807) is 0 Å². The van der Waals surface area contributed by atoms with E-state index in [0.29, 0.717) is 0 Å². The highest BCUT2D eigenvalue weighted by Crippen LogP contribution is 2.42. The van der Waals surface area contributed by atoms with Crippen molar-refractivity contribution in [1.29, 1.82) is 0 Å². The van der Waals surface area contributed by atoms with Crippen molar-refractivity contribution in [3.8, 4) is 0 Å². The first-order valence-electron chi connectivity index (χ1n) is 8.64. The van der Waals surface area contributed by atoms with Gasteiger partial charge in [0.2, 0.25) is 0 Å². The predicted octanol–water partition coefficient (Wildman–Crippen LogP) is 2.65. The van der Waals surface area contributed by atoms with E-state index in [-0.39, 0.29) is 33.8 Å². The maximum absolute atomic E-state index is 13.2. The van der Waals surface area contributed by atoms with E-state index in [1.807, 2.05) is 0 Å². The van der Waals surface area contributed by atoms with Gasteiger partial charge in [0.25, 0.3) is 11.6 Å². The summed E-state index contributed by atoms with van der Waals surface area (Å²) in [6.07, 6.45) is 4.47. The van der Waals surface area contributed by atoms with E-state index in [1.165, 1.54) is 30.0 Å². The van der Waals surface area contributed by atoms with Gasteiger partial charge in [-0.2, -0.15) is 0 Å². The van der Waals surface area contributed by atoms with Crippen LogP contribution in [0.15, 0.2) is 27.4 Å². The molecule has 2 aliphatic rings. The number of non-ortho nitro benzene ring substituents is 1. The molecule has 136 valence electrons. The third-order valence-electron chi connectivity index (χ3n) is 5.42. The van der Waals surface area contributed by atoms with Gasteiger partial charge in [0.05, 0.1) is 10.5 Å². The highest BCUT2D eigenvalue weighted by Gasteiger charge is 2.51. The lowest BCUT2D eigenvalue weighted by atomic mass is 9.93. The quantitative estimate of drug-likeness (QED) is 0.501. The van der Waals surface area contributed by atoms with Crippen molar-refractivity contribution in [1.82, 2.24) is 4.90 Å². The summed E-state index contributed by atoms with van der Waals surface area (Å²) >= 11 is 0. The maximum Gasteiger partial charge on any atom is 0.345 e. The van der Waals surface area contributed by atoms with Crippen LogP contribution < -0.4 is 5.63 Å². The summed E-state index contributed by atoms with van der Waals surface area (Å²) in [4.78, 5) is 37.5. The summed E-state index contributed by atoms with van der Waals surface area (Å²) < 4.78 is 5.24. The number of carbonyl (C=O) groups is 1. The van der Waals surface area contributed by atoms with Crippen molar-refractivity contribution in [2.45, 2.75) is 50.8 Å². The molecule has 1 N–H and O–H groups in total. The predicted molar refractivity (Wildman–Crippen MR) is 91.8 cm³/mol. The summed E-state index contributed by atoms with van der Waals surface area (Å²) in [5.41, 5.74) is -2.84. The van der Waals surface area contributed by atoms with Gasteiger partial charge in [-0.1, -0.05) is 19.3 Å². The van der Waals surface area contributed by atoms with E-state index >= 15 is 0 Å². The molecule has 1 fully saturated rings. The molecule has 1 atom stereocenters. The van der Waals surface area contributed by atoms with Gasteiger partial charge in [-0.15, -0.1) is 0 Å². The molecule has 1 unspecified atom stereocenters. The summed E-state index contributed by atoms with van der Waals surface area (Å²) in [7, 11) is 0. The number of hydrogen-bond donors (Lipinski definition) is 1. The van der Waals surface area contributed by atoms with Crippen LogP contribution in [0.3, 0.4) is 0 Å². The van der Waals surface area contributed by atoms with Crippen molar-refractivity contribution in [2.24, 2.45) is 0 Å². The first kappa shape index (κ1) is 16.7. The van der Waals surface area contributed by atoms with Crippen LogP contribution in [0.4, 0.5) is 5.69 Å². The Morgan fingerprint density at radius 2 is 1.96 bits per heavy atom. The van der Waals surface area contributed by atoms with E-state index < -0.39 is 22.2 Å².